The summed E-state index contributed by atoms with van der Waals surface area (Å²) in [6.07, 6.45) is 7.53. The second-order valence-electron chi connectivity index (χ2n) is 6.36. The van der Waals surface area contributed by atoms with E-state index in [0.717, 1.165) is 64.0 Å². The van der Waals surface area contributed by atoms with Crippen LogP contribution in [0.1, 0.15) is 32.1 Å². The van der Waals surface area contributed by atoms with E-state index in [-0.39, 0.29) is 5.79 Å². The molecule has 3 saturated heterocycles. The molecule has 1 aromatic heterocycles. The Bertz CT molecular complexity index is 503. The summed E-state index contributed by atoms with van der Waals surface area (Å²) in [6.45, 7) is 5.47. The predicted octanol–water partition coefficient (Wildman–Crippen LogP) is 1.81. The molecule has 0 saturated carbocycles. The van der Waals surface area contributed by atoms with Gasteiger partial charge in [0.1, 0.15) is 5.82 Å². The zero-order valence-electron chi connectivity index (χ0n) is 13.0. The van der Waals surface area contributed by atoms with Crippen LogP contribution in [0.2, 0.25) is 0 Å². The first-order valence-corrected chi connectivity index (χ1v) is 8.46. The van der Waals surface area contributed by atoms with Crippen LogP contribution in [0.25, 0.3) is 0 Å². The molecule has 0 aliphatic carbocycles. The first-order chi connectivity index (χ1) is 10.8. The van der Waals surface area contributed by atoms with Gasteiger partial charge < -0.3 is 19.3 Å². The highest BCUT2D eigenvalue weighted by Crippen LogP contribution is 2.33. The van der Waals surface area contributed by atoms with Gasteiger partial charge in [0.15, 0.2) is 5.79 Å². The molecule has 0 bridgehead atoms. The molecule has 0 unspecified atom stereocenters. The lowest BCUT2D eigenvalue weighted by molar-refractivity contribution is -0.169. The molecule has 3 aliphatic rings. The van der Waals surface area contributed by atoms with Crippen molar-refractivity contribution >= 4 is 11.8 Å². The minimum atomic E-state index is -0.320. The number of ether oxygens (including phenoxy) is 2. The van der Waals surface area contributed by atoms with Gasteiger partial charge >= 0.3 is 0 Å². The van der Waals surface area contributed by atoms with Crippen LogP contribution >= 0.6 is 0 Å². The van der Waals surface area contributed by atoms with Crippen molar-refractivity contribution in [3.8, 4) is 0 Å². The number of anilines is 2. The van der Waals surface area contributed by atoms with Gasteiger partial charge in [-0.05, 0) is 25.3 Å². The summed E-state index contributed by atoms with van der Waals surface area (Å²) >= 11 is 0. The van der Waals surface area contributed by atoms with Gasteiger partial charge in [-0.1, -0.05) is 0 Å². The highest BCUT2D eigenvalue weighted by Gasteiger charge is 2.40. The Labute approximate surface area is 131 Å². The van der Waals surface area contributed by atoms with E-state index in [1.54, 1.807) is 0 Å². The second-order valence-corrected chi connectivity index (χ2v) is 6.36. The van der Waals surface area contributed by atoms with Crippen LogP contribution in [0, 0.1) is 0 Å². The van der Waals surface area contributed by atoms with Gasteiger partial charge in [0, 0.05) is 45.2 Å². The monoisotopic (exact) mass is 304 g/mol. The topological polar surface area (TPSA) is 50.7 Å². The average Bonchev–Trinajstić information content (AvgIpc) is 3.05. The van der Waals surface area contributed by atoms with E-state index in [1.807, 2.05) is 12.3 Å². The molecule has 1 spiro atoms. The molecule has 4 heterocycles. The van der Waals surface area contributed by atoms with E-state index in [1.165, 1.54) is 19.3 Å². The van der Waals surface area contributed by atoms with Crippen LogP contribution in [0.3, 0.4) is 0 Å². The van der Waals surface area contributed by atoms with Crippen LogP contribution in [0.5, 0.6) is 0 Å². The molecule has 6 nitrogen and oxygen atoms in total. The third kappa shape index (κ3) is 2.77. The largest absolute Gasteiger partial charge is 0.356 e. The van der Waals surface area contributed by atoms with Crippen molar-refractivity contribution in [2.75, 3.05) is 49.2 Å². The average molecular weight is 304 g/mol. The third-order valence-corrected chi connectivity index (χ3v) is 4.93. The minimum absolute atomic E-state index is 0.320. The normalized spacial score (nSPS) is 24.9. The van der Waals surface area contributed by atoms with Crippen molar-refractivity contribution in [3.05, 3.63) is 12.3 Å². The fourth-order valence-corrected chi connectivity index (χ4v) is 3.62. The summed E-state index contributed by atoms with van der Waals surface area (Å²) < 4.78 is 11.6. The van der Waals surface area contributed by atoms with E-state index in [0.29, 0.717) is 0 Å². The van der Waals surface area contributed by atoms with E-state index in [4.69, 9.17) is 14.5 Å². The Morgan fingerprint density at radius 1 is 0.909 bits per heavy atom. The molecular weight excluding hydrogens is 280 g/mol. The quantitative estimate of drug-likeness (QED) is 0.830. The SMILES string of the molecule is c1cc(N2CCC3(CC2)OCCO3)nc(N2CCCCC2)n1. The van der Waals surface area contributed by atoms with E-state index < -0.39 is 0 Å². The summed E-state index contributed by atoms with van der Waals surface area (Å²) in [5.41, 5.74) is 0. The molecule has 1 aromatic rings. The fourth-order valence-electron chi connectivity index (χ4n) is 3.62. The smallest absolute Gasteiger partial charge is 0.227 e. The van der Waals surface area contributed by atoms with Gasteiger partial charge in [0.05, 0.1) is 13.2 Å². The number of rotatable bonds is 2. The van der Waals surface area contributed by atoms with Crippen molar-refractivity contribution in [2.45, 2.75) is 37.9 Å². The van der Waals surface area contributed by atoms with Gasteiger partial charge in [0.25, 0.3) is 0 Å². The van der Waals surface area contributed by atoms with Gasteiger partial charge in [-0.2, -0.15) is 4.98 Å². The van der Waals surface area contributed by atoms with Crippen LogP contribution in [-0.2, 0) is 9.47 Å². The Morgan fingerprint density at radius 2 is 1.64 bits per heavy atom. The molecule has 22 heavy (non-hydrogen) atoms. The lowest BCUT2D eigenvalue weighted by Gasteiger charge is -2.38. The van der Waals surface area contributed by atoms with Crippen LogP contribution in [0.4, 0.5) is 11.8 Å². The Hall–Kier alpha value is -1.40. The molecule has 0 N–H and O–H groups in total. The van der Waals surface area contributed by atoms with E-state index in [9.17, 15) is 0 Å². The molecule has 120 valence electrons. The number of hydrogen-bond donors (Lipinski definition) is 0. The predicted molar refractivity (Wildman–Crippen MR) is 84.2 cm³/mol. The summed E-state index contributed by atoms with van der Waals surface area (Å²) in [5, 5.41) is 0. The van der Waals surface area contributed by atoms with E-state index in [2.05, 4.69) is 14.8 Å². The van der Waals surface area contributed by atoms with Crippen molar-refractivity contribution in [1.29, 1.82) is 0 Å². The summed E-state index contributed by atoms with van der Waals surface area (Å²) in [7, 11) is 0. The maximum atomic E-state index is 5.79. The molecule has 4 rings (SSSR count). The molecule has 3 aliphatic heterocycles. The van der Waals surface area contributed by atoms with Crippen molar-refractivity contribution < 1.29 is 9.47 Å². The molecule has 0 atom stereocenters. The molecular formula is C16H24N4O2. The summed E-state index contributed by atoms with van der Waals surface area (Å²) in [5.74, 6) is 1.59. The zero-order chi connectivity index (χ0) is 14.8. The maximum absolute atomic E-state index is 5.79. The molecule has 0 aromatic carbocycles. The fraction of sp³-hybridized carbons (Fsp3) is 0.750. The number of piperidine rings is 2. The van der Waals surface area contributed by atoms with Crippen LogP contribution in [-0.4, -0.2) is 55.1 Å². The van der Waals surface area contributed by atoms with Crippen molar-refractivity contribution in [1.82, 2.24) is 9.97 Å². The summed E-state index contributed by atoms with van der Waals surface area (Å²) in [6, 6.07) is 2.02. The Kier molecular flexibility index (Phi) is 3.88. The molecule has 6 heteroatoms. The van der Waals surface area contributed by atoms with Crippen LogP contribution in [0.15, 0.2) is 12.3 Å². The minimum Gasteiger partial charge on any atom is -0.356 e. The molecule has 0 amide bonds. The lowest BCUT2D eigenvalue weighted by atomic mass is 10.0. The highest BCUT2D eigenvalue weighted by atomic mass is 16.7. The Morgan fingerprint density at radius 3 is 2.36 bits per heavy atom. The van der Waals surface area contributed by atoms with Gasteiger partial charge in [-0.15, -0.1) is 0 Å². The van der Waals surface area contributed by atoms with Gasteiger partial charge in [0.2, 0.25) is 5.95 Å². The standard InChI is InChI=1S/C16H24N4O2/c1-2-8-20(9-3-1)15-17-7-4-14(18-15)19-10-5-16(6-11-19)21-12-13-22-16/h4,7H,1-3,5-6,8-13H2. The van der Waals surface area contributed by atoms with E-state index >= 15 is 0 Å². The summed E-state index contributed by atoms with van der Waals surface area (Å²) in [4.78, 5) is 13.9. The second kappa shape index (κ2) is 6.01. The zero-order valence-corrected chi connectivity index (χ0v) is 13.0. The first kappa shape index (κ1) is 14.2. The maximum Gasteiger partial charge on any atom is 0.227 e. The van der Waals surface area contributed by atoms with Crippen LogP contribution < -0.4 is 9.80 Å². The number of aromatic nitrogens is 2. The molecule has 3 fully saturated rings. The first-order valence-electron chi connectivity index (χ1n) is 8.46. The highest BCUT2D eigenvalue weighted by molar-refractivity contribution is 5.44. The molecule has 0 radical (unpaired) electrons. The number of hydrogen-bond acceptors (Lipinski definition) is 6. The Balaban J connectivity index is 1.44. The lowest BCUT2D eigenvalue weighted by Crippen LogP contribution is -2.45. The van der Waals surface area contributed by atoms with Crippen molar-refractivity contribution in [2.24, 2.45) is 0 Å². The third-order valence-electron chi connectivity index (χ3n) is 4.93. The number of nitrogens with zero attached hydrogens (tertiary/aromatic N) is 4. The van der Waals surface area contributed by atoms with Gasteiger partial charge in [-0.3, -0.25) is 0 Å². The van der Waals surface area contributed by atoms with Gasteiger partial charge in [-0.25, -0.2) is 4.98 Å². The van der Waals surface area contributed by atoms with Crippen molar-refractivity contribution in [3.63, 3.8) is 0 Å².